The van der Waals surface area contributed by atoms with Crippen molar-refractivity contribution >= 4 is 17.5 Å². The molecule has 8 nitrogen and oxygen atoms in total. The van der Waals surface area contributed by atoms with Gasteiger partial charge in [0.25, 0.3) is 0 Å². The van der Waals surface area contributed by atoms with Gasteiger partial charge in [-0.2, -0.15) is 4.98 Å². The van der Waals surface area contributed by atoms with Crippen molar-refractivity contribution in [2.24, 2.45) is 5.41 Å². The molecule has 1 aromatic carbocycles. The van der Waals surface area contributed by atoms with Gasteiger partial charge in [-0.25, -0.2) is 9.18 Å². The number of amides is 2. The van der Waals surface area contributed by atoms with Crippen LogP contribution in [0.4, 0.5) is 20.7 Å². The van der Waals surface area contributed by atoms with Crippen molar-refractivity contribution in [3.8, 4) is 17.0 Å². The van der Waals surface area contributed by atoms with Crippen molar-refractivity contribution in [2.75, 3.05) is 62.8 Å². The quantitative estimate of drug-likeness (QED) is 0.673. The fourth-order valence-electron chi connectivity index (χ4n) is 4.79. The summed E-state index contributed by atoms with van der Waals surface area (Å²) in [6.07, 6.45) is 3.38. The predicted molar refractivity (Wildman–Crippen MR) is 127 cm³/mol. The molecule has 5 rings (SSSR count). The van der Waals surface area contributed by atoms with Crippen molar-refractivity contribution in [3.63, 3.8) is 0 Å². The van der Waals surface area contributed by atoms with Gasteiger partial charge in [0, 0.05) is 32.2 Å². The van der Waals surface area contributed by atoms with Crippen LogP contribution in [0.25, 0.3) is 11.1 Å². The molecule has 2 saturated heterocycles. The Kier molecular flexibility index (Phi) is 6.31. The van der Waals surface area contributed by atoms with Crippen LogP contribution in [0.5, 0.6) is 5.88 Å². The van der Waals surface area contributed by atoms with Gasteiger partial charge in [0.2, 0.25) is 5.88 Å². The number of hydrogen-bond donors (Lipinski definition) is 2. The second-order valence-electron chi connectivity index (χ2n) is 9.47. The van der Waals surface area contributed by atoms with E-state index in [1.807, 2.05) is 13.0 Å². The molecule has 2 aliphatic heterocycles. The lowest BCUT2D eigenvalue weighted by atomic mass is 10.00. The van der Waals surface area contributed by atoms with Crippen LogP contribution in [0.3, 0.4) is 0 Å². The summed E-state index contributed by atoms with van der Waals surface area (Å²) in [6.45, 7) is 5.94. The van der Waals surface area contributed by atoms with E-state index < -0.39 is 5.82 Å². The molecule has 3 aliphatic rings. The molecule has 3 fully saturated rings. The van der Waals surface area contributed by atoms with Crippen LogP contribution >= 0.6 is 0 Å². The van der Waals surface area contributed by atoms with Crippen LogP contribution in [-0.2, 0) is 4.74 Å². The van der Waals surface area contributed by atoms with Gasteiger partial charge in [-0.15, -0.1) is 0 Å². The van der Waals surface area contributed by atoms with E-state index in [2.05, 4.69) is 15.2 Å². The second-order valence-corrected chi connectivity index (χ2v) is 9.47. The van der Waals surface area contributed by atoms with Gasteiger partial charge in [0.05, 0.1) is 25.5 Å². The Balaban J connectivity index is 1.44. The van der Waals surface area contributed by atoms with Crippen LogP contribution in [0.2, 0.25) is 0 Å². The predicted octanol–water partition coefficient (Wildman–Crippen LogP) is 3.42. The number of likely N-dealkylation sites (tertiary alicyclic amines) is 1. The van der Waals surface area contributed by atoms with Crippen LogP contribution in [0, 0.1) is 18.2 Å². The summed E-state index contributed by atoms with van der Waals surface area (Å²) in [5, 5.41) is 12.0. The van der Waals surface area contributed by atoms with E-state index in [0.717, 1.165) is 35.5 Å². The molecule has 1 spiro atoms. The average Bonchev–Trinajstić information content (AvgIpc) is 3.47. The third-order valence-electron chi connectivity index (χ3n) is 7.01. The van der Waals surface area contributed by atoms with Crippen molar-refractivity contribution in [2.45, 2.75) is 26.2 Å². The number of ether oxygens (including phenoxy) is 2. The summed E-state index contributed by atoms with van der Waals surface area (Å²) in [6, 6.07) is 6.59. The Morgan fingerprint density at radius 2 is 2.00 bits per heavy atom. The van der Waals surface area contributed by atoms with Crippen molar-refractivity contribution in [3.05, 3.63) is 35.6 Å². The number of aliphatic hydroxyl groups is 1. The fourth-order valence-corrected chi connectivity index (χ4v) is 4.79. The normalized spacial score (nSPS) is 18.9. The van der Waals surface area contributed by atoms with Gasteiger partial charge in [0.15, 0.2) is 0 Å². The third kappa shape index (κ3) is 4.81. The maximum Gasteiger partial charge on any atom is 0.321 e. The van der Waals surface area contributed by atoms with Gasteiger partial charge >= 0.3 is 6.03 Å². The summed E-state index contributed by atoms with van der Waals surface area (Å²) in [4.78, 5) is 21.3. The number of pyridine rings is 1. The highest BCUT2D eigenvalue weighted by Gasteiger charge is 2.48. The highest BCUT2D eigenvalue weighted by molar-refractivity contribution is 5.91. The zero-order chi connectivity index (χ0) is 23.7. The lowest BCUT2D eigenvalue weighted by Gasteiger charge is -2.28. The van der Waals surface area contributed by atoms with E-state index in [-0.39, 0.29) is 24.9 Å². The SMILES string of the molecule is Cc1cc(F)c(NC(=O)N2CCC3(CC3)C2)cc1-c1cc(OCCO)nc(N2CCOCC2)c1. The zero-order valence-electron chi connectivity index (χ0n) is 19.5. The Morgan fingerprint density at radius 3 is 2.71 bits per heavy atom. The summed E-state index contributed by atoms with van der Waals surface area (Å²) in [5.74, 6) is 0.651. The molecular weight excluding hydrogens is 439 g/mol. The maximum absolute atomic E-state index is 14.9. The Bertz CT molecular complexity index is 1070. The molecule has 1 saturated carbocycles. The van der Waals surface area contributed by atoms with Gasteiger partial charge in [-0.1, -0.05) is 0 Å². The number of urea groups is 1. The van der Waals surface area contributed by atoms with E-state index in [0.29, 0.717) is 44.1 Å². The molecule has 1 aliphatic carbocycles. The smallest absolute Gasteiger partial charge is 0.321 e. The number of nitrogens with zero attached hydrogens (tertiary/aromatic N) is 3. The molecule has 182 valence electrons. The molecule has 1 aromatic heterocycles. The Morgan fingerprint density at radius 1 is 1.21 bits per heavy atom. The monoisotopic (exact) mass is 470 g/mol. The van der Waals surface area contributed by atoms with Gasteiger partial charge in [-0.05, 0) is 66.5 Å². The summed E-state index contributed by atoms with van der Waals surface area (Å²) >= 11 is 0. The molecule has 9 heteroatoms. The van der Waals surface area contributed by atoms with Crippen molar-refractivity contribution in [1.82, 2.24) is 9.88 Å². The molecule has 2 aromatic rings. The molecule has 34 heavy (non-hydrogen) atoms. The molecule has 0 atom stereocenters. The number of hydrogen-bond acceptors (Lipinski definition) is 6. The molecule has 3 heterocycles. The number of aromatic nitrogens is 1. The number of morpholine rings is 1. The first-order valence-electron chi connectivity index (χ1n) is 11.9. The first-order chi connectivity index (χ1) is 16.5. The van der Waals surface area contributed by atoms with E-state index in [9.17, 15) is 14.3 Å². The summed E-state index contributed by atoms with van der Waals surface area (Å²) < 4.78 is 25.9. The minimum atomic E-state index is -0.464. The van der Waals surface area contributed by atoms with Gasteiger partial charge < -0.3 is 29.7 Å². The fraction of sp³-hybridized carbons (Fsp3) is 0.520. The van der Waals surface area contributed by atoms with Crippen LogP contribution in [0.1, 0.15) is 24.8 Å². The van der Waals surface area contributed by atoms with Crippen molar-refractivity contribution in [1.29, 1.82) is 0 Å². The number of carbonyl (C=O) groups is 1. The minimum Gasteiger partial charge on any atom is -0.475 e. The number of aliphatic hydroxyl groups excluding tert-OH is 1. The second kappa shape index (κ2) is 9.38. The molecule has 0 unspecified atom stereocenters. The maximum atomic E-state index is 14.9. The number of carbonyl (C=O) groups excluding carboxylic acids is 1. The summed E-state index contributed by atoms with van der Waals surface area (Å²) in [5.41, 5.74) is 2.79. The van der Waals surface area contributed by atoms with E-state index in [1.165, 1.54) is 18.9 Å². The lowest BCUT2D eigenvalue weighted by molar-refractivity contribution is 0.122. The molecule has 0 bridgehead atoms. The van der Waals surface area contributed by atoms with Crippen LogP contribution in [0.15, 0.2) is 24.3 Å². The van der Waals surface area contributed by atoms with E-state index in [1.54, 1.807) is 17.0 Å². The summed E-state index contributed by atoms with van der Waals surface area (Å²) in [7, 11) is 0. The van der Waals surface area contributed by atoms with Crippen LogP contribution in [-0.4, -0.2) is 73.6 Å². The molecule has 2 amide bonds. The molecule has 0 radical (unpaired) electrons. The minimum absolute atomic E-state index is 0.123. The number of nitrogens with one attached hydrogen (secondary N) is 1. The zero-order valence-corrected chi connectivity index (χ0v) is 19.5. The Hall–Kier alpha value is -2.91. The third-order valence-corrected chi connectivity index (χ3v) is 7.01. The standard InChI is InChI=1S/C25H31FN4O4/c1-17-12-20(26)21(27-24(32)30-5-4-25(16-30)2-3-25)15-19(17)18-13-22(29-6-9-33-10-7-29)28-23(14-18)34-11-8-31/h12-15,31H,2-11,16H2,1H3,(H,27,32). The largest absolute Gasteiger partial charge is 0.475 e. The van der Waals surface area contributed by atoms with Crippen molar-refractivity contribution < 1.29 is 23.8 Å². The number of aryl methyl sites for hydroxylation is 1. The Labute approximate surface area is 198 Å². The highest BCUT2D eigenvalue weighted by atomic mass is 19.1. The van der Waals surface area contributed by atoms with E-state index in [4.69, 9.17) is 9.47 Å². The van der Waals surface area contributed by atoms with Crippen LogP contribution < -0.4 is 15.0 Å². The lowest BCUT2D eigenvalue weighted by Crippen LogP contribution is -2.36. The highest BCUT2D eigenvalue weighted by Crippen LogP contribution is 2.52. The van der Waals surface area contributed by atoms with Gasteiger partial charge in [0.1, 0.15) is 18.2 Å². The molecule has 2 N–H and O–H groups in total. The first kappa shape index (κ1) is 22.9. The first-order valence-corrected chi connectivity index (χ1v) is 11.9. The number of rotatable bonds is 6. The van der Waals surface area contributed by atoms with E-state index >= 15 is 0 Å². The number of anilines is 2. The number of halogens is 1. The topological polar surface area (TPSA) is 87.2 Å². The number of benzene rings is 1. The average molecular weight is 471 g/mol. The van der Waals surface area contributed by atoms with Gasteiger partial charge in [-0.3, -0.25) is 0 Å². The molecular formula is C25H31FN4O4.